The summed E-state index contributed by atoms with van der Waals surface area (Å²) in [6, 6.07) is 2.87. The molecule has 0 saturated carbocycles. The summed E-state index contributed by atoms with van der Waals surface area (Å²) in [6.07, 6.45) is 3.16. The molecule has 0 bridgehead atoms. The van der Waals surface area contributed by atoms with Gasteiger partial charge in [-0.25, -0.2) is 4.39 Å². The zero-order valence-corrected chi connectivity index (χ0v) is 12.3. The number of rotatable bonds is 7. The minimum atomic E-state index is -0.445. The number of hydrogen-bond acceptors (Lipinski definition) is 5. The number of hydrogen-bond donors (Lipinski definition) is 2. The Balaban J connectivity index is 2.00. The van der Waals surface area contributed by atoms with Crippen LogP contribution in [-0.2, 0) is 13.5 Å². The molecule has 0 aliphatic rings. The second-order valence-electron chi connectivity index (χ2n) is 4.75. The summed E-state index contributed by atoms with van der Waals surface area (Å²) < 4.78 is 20.9. The Morgan fingerprint density at radius 1 is 1.43 bits per heavy atom. The second kappa shape index (κ2) is 6.92. The predicted octanol–water partition coefficient (Wildman–Crippen LogP) is 1.98. The Hall–Kier alpha value is -2.31. The van der Waals surface area contributed by atoms with E-state index in [1.54, 1.807) is 12.4 Å². The van der Waals surface area contributed by atoms with Crippen LogP contribution >= 0.6 is 0 Å². The Labute approximate surface area is 123 Å². The molecule has 1 aromatic carbocycles. The van der Waals surface area contributed by atoms with Crippen LogP contribution in [0.1, 0.15) is 19.2 Å². The third-order valence-corrected chi connectivity index (χ3v) is 3.03. The van der Waals surface area contributed by atoms with E-state index in [-0.39, 0.29) is 5.75 Å². The second-order valence-corrected chi connectivity index (χ2v) is 4.75. The first-order chi connectivity index (χ1) is 10.1. The van der Waals surface area contributed by atoms with Crippen molar-refractivity contribution in [2.24, 2.45) is 7.05 Å². The maximum atomic E-state index is 13.7. The van der Waals surface area contributed by atoms with E-state index in [0.717, 1.165) is 12.2 Å². The lowest BCUT2D eigenvalue weighted by Gasteiger charge is -2.13. The number of nitrogen functional groups attached to an aromatic ring is 1. The average molecular weight is 293 g/mol. The van der Waals surface area contributed by atoms with Crippen molar-refractivity contribution < 1.29 is 9.13 Å². The van der Waals surface area contributed by atoms with Crippen LogP contribution in [0, 0.1) is 5.82 Å². The molecule has 0 aliphatic heterocycles. The Bertz CT molecular complexity index is 599. The van der Waals surface area contributed by atoms with E-state index in [1.807, 2.05) is 18.5 Å². The zero-order chi connectivity index (χ0) is 15.2. The van der Waals surface area contributed by atoms with Crippen molar-refractivity contribution in [2.75, 3.05) is 24.2 Å². The molecule has 0 aliphatic carbocycles. The molecular weight excluding hydrogens is 273 g/mol. The zero-order valence-electron chi connectivity index (χ0n) is 12.3. The van der Waals surface area contributed by atoms with Crippen molar-refractivity contribution in [3.8, 4) is 5.75 Å². The number of nitrogens with two attached hydrogens (primary N) is 1. The fourth-order valence-corrected chi connectivity index (χ4v) is 1.89. The molecule has 1 heterocycles. The predicted molar refractivity (Wildman–Crippen MR) is 79.8 cm³/mol. The van der Waals surface area contributed by atoms with Crippen LogP contribution in [0.3, 0.4) is 0 Å². The molecule has 3 N–H and O–H groups in total. The van der Waals surface area contributed by atoms with Crippen molar-refractivity contribution in [1.29, 1.82) is 0 Å². The summed E-state index contributed by atoms with van der Waals surface area (Å²) in [6.45, 7) is 3.06. The van der Waals surface area contributed by atoms with Crippen LogP contribution < -0.4 is 15.8 Å². The molecule has 0 saturated heterocycles. The fraction of sp³-hybridized carbons (Fsp3) is 0.429. The van der Waals surface area contributed by atoms with Gasteiger partial charge in [-0.1, -0.05) is 6.92 Å². The lowest BCUT2D eigenvalue weighted by Crippen LogP contribution is -2.10. The molecule has 2 aromatic rings. The van der Waals surface area contributed by atoms with Gasteiger partial charge in [-0.15, -0.1) is 10.2 Å². The first-order valence-electron chi connectivity index (χ1n) is 6.90. The highest BCUT2D eigenvalue weighted by Gasteiger charge is 2.09. The van der Waals surface area contributed by atoms with Crippen molar-refractivity contribution in [3.05, 3.63) is 30.1 Å². The van der Waals surface area contributed by atoms with Gasteiger partial charge in [0.25, 0.3) is 0 Å². The molecule has 0 unspecified atom stereocenters. The van der Waals surface area contributed by atoms with Crippen LogP contribution in [-0.4, -0.2) is 27.9 Å². The molecule has 0 amide bonds. The average Bonchev–Trinajstić information content (AvgIpc) is 2.85. The summed E-state index contributed by atoms with van der Waals surface area (Å²) in [5.74, 6) is 0.637. The number of benzene rings is 1. The lowest BCUT2D eigenvalue weighted by atomic mass is 10.2. The van der Waals surface area contributed by atoms with Gasteiger partial charge in [-0.3, -0.25) is 0 Å². The third-order valence-electron chi connectivity index (χ3n) is 3.03. The van der Waals surface area contributed by atoms with Gasteiger partial charge >= 0.3 is 0 Å². The number of nitrogens with one attached hydrogen (secondary N) is 1. The van der Waals surface area contributed by atoms with E-state index >= 15 is 0 Å². The van der Waals surface area contributed by atoms with E-state index in [1.165, 1.54) is 6.07 Å². The van der Waals surface area contributed by atoms with Crippen molar-refractivity contribution in [2.45, 2.75) is 19.8 Å². The lowest BCUT2D eigenvalue weighted by molar-refractivity contribution is 0.301. The highest BCUT2D eigenvalue weighted by Crippen LogP contribution is 2.28. The molecule has 0 spiro atoms. The van der Waals surface area contributed by atoms with E-state index in [2.05, 4.69) is 15.5 Å². The molecule has 21 heavy (non-hydrogen) atoms. The molecule has 6 nitrogen and oxygen atoms in total. The van der Waals surface area contributed by atoms with Gasteiger partial charge in [0.1, 0.15) is 12.2 Å². The minimum absolute atomic E-state index is 0.215. The number of nitrogens with zero attached hydrogens (tertiary/aromatic N) is 3. The standard InChI is InChI=1S/C14H20FN5O/c1-3-6-21-13-8-12(11(16)7-10(13)15)17-5-4-14-19-18-9-20(14)2/h7-9,17H,3-6,16H2,1-2H3. The first kappa shape index (κ1) is 15.1. The van der Waals surface area contributed by atoms with Gasteiger partial charge in [0.2, 0.25) is 0 Å². The molecule has 0 fully saturated rings. The molecule has 1 aromatic heterocycles. The largest absolute Gasteiger partial charge is 0.490 e. The van der Waals surface area contributed by atoms with Crippen molar-refractivity contribution in [1.82, 2.24) is 14.8 Å². The van der Waals surface area contributed by atoms with Gasteiger partial charge in [0.15, 0.2) is 11.6 Å². The third kappa shape index (κ3) is 3.84. The van der Waals surface area contributed by atoms with Gasteiger partial charge < -0.3 is 20.4 Å². The summed E-state index contributed by atoms with van der Waals surface area (Å²) >= 11 is 0. The normalized spacial score (nSPS) is 10.6. The van der Waals surface area contributed by atoms with Gasteiger partial charge in [0, 0.05) is 32.1 Å². The smallest absolute Gasteiger partial charge is 0.167 e. The number of anilines is 2. The summed E-state index contributed by atoms with van der Waals surface area (Å²) in [5, 5.41) is 11.0. The summed E-state index contributed by atoms with van der Waals surface area (Å²) in [5.41, 5.74) is 6.83. The maximum Gasteiger partial charge on any atom is 0.167 e. The molecule has 0 atom stereocenters. The number of aryl methyl sites for hydroxylation is 1. The highest BCUT2D eigenvalue weighted by molar-refractivity contribution is 5.68. The fourth-order valence-electron chi connectivity index (χ4n) is 1.89. The van der Waals surface area contributed by atoms with Crippen LogP contribution in [0.25, 0.3) is 0 Å². The Morgan fingerprint density at radius 2 is 2.24 bits per heavy atom. The molecule has 2 rings (SSSR count). The van der Waals surface area contributed by atoms with E-state index in [0.29, 0.717) is 30.9 Å². The van der Waals surface area contributed by atoms with E-state index in [9.17, 15) is 4.39 Å². The molecular formula is C14H20FN5O. The maximum absolute atomic E-state index is 13.7. The van der Waals surface area contributed by atoms with Crippen molar-refractivity contribution >= 4 is 11.4 Å². The van der Waals surface area contributed by atoms with E-state index < -0.39 is 5.82 Å². The number of aromatic nitrogens is 3. The van der Waals surface area contributed by atoms with Crippen LogP contribution in [0.4, 0.5) is 15.8 Å². The quantitative estimate of drug-likeness (QED) is 0.763. The topological polar surface area (TPSA) is 78.0 Å². The number of halogens is 1. The van der Waals surface area contributed by atoms with Crippen LogP contribution in [0.15, 0.2) is 18.5 Å². The molecule has 0 radical (unpaired) electrons. The van der Waals surface area contributed by atoms with Gasteiger partial charge in [-0.2, -0.15) is 0 Å². The van der Waals surface area contributed by atoms with E-state index in [4.69, 9.17) is 10.5 Å². The summed E-state index contributed by atoms with van der Waals surface area (Å²) in [7, 11) is 1.89. The number of ether oxygens (including phenoxy) is 1. The molecule has 7 heteroatoms. The highest BCUT2D eigenvalue weighted by atomic mass is 19.1. The monoisotopic (exact) mass is 293 g/mol. The van der Waals surface area contributed by atoms with Crippen LogP contribution in [0.5, 0.6) is 5.75 Å². The van der Waals surface area contributed by atoms with Crippen LogP contribution in [0.2, 0.25) is 0 Å². The minimum Gasteiger partial charge on any atom is -0.490 e. The summed E-state index contributed by atoms with van der Waals surface area (Å²) in [4.78, 5) is 0. The van der Waals surface area contributed by atoms with Crippen molar-refractivity contribution in [3.63, 3.8) is 0 Å². The van der Waals surface area contributed by atoms with Gasteiger partial charge in [0.05, 0.1) is 18.0 Å². The SMILES string of the molecule is CCCOc1cc(NCCc2nncn2C)c(N)cc1F. The molecule has 114 valence electrons. The van der Waals surface area contributed by atoms with Gasteiger partial charge in [-0.05, 0) is 6.42 Å². The Kier molecular flexibility index (Phi) is 4.97. The Morgan fingerprint density at radius 3 is 2.90 bits per heavy atom. The first-order valence-corrected chi connectivity index (χ1v) is 6.90.